The molecule has 24 heavy (non-hydrogen) atoms. The maximum atomic E-state index is 12.2. The zero-order chi connectivity index (χ0) is 17.3. The summed E-state index contributed by atoms with van der Waals surface area (Å²) >= 11 is 11.6. The summed E-state index contributed by atoms with van der Waals surface area (Å²) in [7, 11) is 0. The fraction of sp³-hybridized carbons (Fsp3) is 0.125. The molecule has 0 N–H and O–H groups in total. The van der Waals surface area contributed by atoms with E-state index < -0.39 is 17.8 Å². The number of ether oxygens (including phenoxy) is 1. The van der Waals surface area contributed by atoms with Gasteiger partial charge in [-0.2, -0.15) is 0 Å². The number of pyridine rings is 1. The van der Waals surface area contributed by atoms with Crippen LogP contribution in [0.25, 0.3) is 0 Å². The van der Waals surface area contributed by atoms with Crippen LogP contribution < -0.4 is 0 Å². The normalized spacial score (nSPS) is 13.2. The zero-order valence-corrected chi connectivity index (χ0v) is 13.7. The minimum Gasteiger partial charge on any atom is -0.459 e. The second-order valence-corrected chi connectivity index (χ2v) is 5.70. The monoisotopic (exact) mass is 364 g/mol. The van der Waals surface area contributed by atoms with Gasteiger partial charge in [-0.05, 0) is 24.3 Å². The van der Waals surface area contributed by atoms with E-state index >= 15 is 0 Å². The molecule has 1 aliphatic rings. The minimum atomic E-state index is -0.779. The quantitative estimate of drug-likeness (QED) is 0.473. The van der Waals surface area contributed by atoms with Gasteiger partial charge in [-0.1, -0.05) is 35.3 Å². The van der Waals surface area contributed by atoms with Gasteiger partial charge in [-0.3, -0.25) is 14.5 Å². The van der Waals surface area contributed by atoms with Gasteiger partial charge in [0.15, 0.2) is 5.69 Å². The first-order valence-electron chi connectivity index (χ1n) is 6.93. The number of carbonyl (C=O) groups is 3. The maximum absolute atomic E-state index is 12.2. The summed E-state index contributed by atoms with van der Waals surface area (Å²) in [6.45, 7) is -0.231. The molecule has 1 aromatic heterocycles. The highest BCUT2D eigenvalue weighted by atomic mass is 35.5. The second-order valence-electron chi connectivity index (χ2n) is 4.91. The van der Waals surface area contributed by atoms with Crippen LogP contribution in [0.2, 0.25) is 10.2 Å². The number of benzene rings is 1. The number of halogens is 2. The van der Waals surface area contributed by atoms with Gasteiger partial charge in [-0.15, -0.1) is 0 Å². The van der Waals surface area contributed by atoms with Crippen LogP contribution in [-0.2, 0) is 4.74 Å². The van der Waals surface area contributed by atoms with Crippen molar-refractivity contribution in [1.82, 2.24) is 9.88 Å². The molecule has 0 atom stereocenters. The van der Waals surface area contributed by atoms with Crippen LogP contribution in [0.3, 0.4) is 0 Å². The van der Waals surface area contributed by atoms with Crippen molar-refractivity contribution in [1.29, 1.82) is 0 Å². The topological polar surface area (TPSA) is 76.6 Å². The Balaban J connectivity index is 1.63. The van der Waals surface area contributed by atoms with Crippen molar-refractivity contribution in [2.24, 2.45) is 0 Å². The van der Waals surface area contributed by atoms with E-state index in [1.807, 2.05) is 0 Å². The van der Waals surface area contributed by atoms with Gasteiger partial charge in [0.1, 0.15) is 11.8 Å². The molecule has 2 heterocycles. The molecule has 6 nitrogen and oxygen atoms in total. The predicted molar refractivity (Wildman–Crippen MR) is 86.3 cm³/mol. The van der Waals surface area contributed by atoms with Crippen molar-refractivity contribution in [3.63, 3.8) is 0 Å². The lowest BCUT2D eigenvalue weighted by atomic mass is 10.1. The fourth-order valence-corrected chi connectivity index (χ4v) is 2.63. The van der Waals surface area contributed by atoms with E-state index in [9.17, 15) is 14.4 Å². The number of amides is 2. The average molecular weight is 365 g/mol. The van der Waals surface area contributed by atoms with Gasteiger partial charge < -0.3 is 4.74 Å². The summed E-state index contributed by atoms with van der Waals surface area (Å²) in [5, 5.41) is 0.205. The molecule has 0 saturated carbocycles. The molecule has 0 aliphatic carbocycles. The molecular formula is C16H10Cl2N2O4. The third-order valence-corrected chi connectivity index (χ3v) is 3.95. The molecule has 2 amide bonds. The third kappa shape index (κ3) is 2.98. The van der Waals surface area contributed by atoms with Crippen molar-refractivity contribution in [3.8, 4) is 0 Å². The number of carbonyl (C=O) groups excluding carboxylic acids is 3. The molecule has 0 fully saturated rings. The molecule has 0 bridgehead atoms. The number of hydrogen-bond acceptors (Lipinski definition) is 5. The van der Waals surface area contributed by atoms with Crippen LogP contribution in [0.1, 0.15) is 31.2 Å². The summed E-state index contributed by atoms with van der Waals surface area (Å²) in [5.41, 5.74) is 0.563. The van der Waals surface area contributed by atoms with Gasteiger partial charge in [-0.25, -0.2) is 9.78 Å². The summed E-state index contributed by atoms with van der Waals surface area (Å²) < 4.78 is 5.03. The van der Waals surface area contributed by atoms with Crippen molar-refractivity contribution in [2.75, 3.05) is 13.2 Å². The minimum absolute atomic E-state index is 0.0593. The molecular weight excluding hydrogens is 355 g/mol. The van der Waals surface area contributed by atoms with E-state index in [-0.39, 0.29) is 29.0 Å². The van der Waals surface area contributed by atoms with Crippen LogP contribution in [0.15, 0.2) is 36.4 Å². The van der Waals surface area contributed by atoms with Gasteiger partial charge in [0, 0.05) is 0 Å². The van der Waals surface area contributed by atoms with Crippen LogP contribution in [0, 0.1) is 0 Å². The van der Waals surface area contributed by atoms with E-state index in [2.05, 4.69) is 4.98 Å². The number of rotatable bonds is 4. The van der Waals surface area contributed by atoms with Gasteiger partial charge >= 0.3 is 5.97 Å². The molecule has 0 unspecified atom stereocenters. The second kappa shape index (κ2) is 6.59. The highest BCUT2D eigenvalue weighted by Crippen LogP contribution is 2.22. The maximum Gasteiger partial charge on any atom is 0.358 e. The van der Waals surface area contributed by atoms with Crippen molar-refractivity contribution < 1.29 is 19.1 Å². The smallest absolute Gasteiger partial charge is 0.358 e. The van der Waals surface area contributed by atoms with E-state index in [0.717, 1.165) is 4.90 Å². The first kappa shape index (κ1) is 16.4. The Kier molecular flexibility index (Phi) is 4.51. The Labute approximate surface area is 146 Å². The number of hydrogen-bond donors (Lipinski definition) is 0. The molecule has 1 aliphatic heterocycles. The van der Waals surface area contributed by atoms with E-state index in [1.165, 1.54) is 12.1 Å². The highest BCUT2D eigenvalue weighted by Gasteiger charge is 2.34. The van der Waals surface area contributed by atoms with Crippen LogP contribution in [0.5, 0.6) is 0 Å². The standard InChI is InChI=1S/C16H10Cl2N2O4/c17-11-5-6-12(18)19-13(11)16(23)24-8-7-20-14(21)9-3-1-2-4-10(9)15(20)22/h1-6H,7-8H2. The summed E-state index contributed by atoms with van der Waals surface area (Å²) in [4.78, 5) is 41.1. The Morgan fingerprint density at radius 1 is 1.04 bits per heavy atom. The molecule has 0 saturated heterocycles. The van der Waals surface area contributed by atoms with E-state index in [1.54, 1.807) is 24.3 Å². The number of nitrogens with zero attached hydrogens (tertiary/aromatic N) is 2. The van der Waals surface area contributed by atoms with Crippen LogP contribution in [0.4, 0.5) is 0 Å². The molecule has 0 spiro atoms. The van der Waals surface area contributed by atoms with Gasteiger partial charge in [0.25, 0.3) is 11.8 Å². The van der Waals surface area contributed by atoms with Crippen LogP contribution in [-0.4, -0.2) is 40.8 Å². The van der Waals surface area contributed by atoms with Crippen LogP contribution >= 0.6 is 23.2 Å². The lowest BCUT2D eigenvalue weighted by Gasteiger charge is -2.13. The molecule has 8 heteroatoms. The number of esters is 1. The molecule has 1 aromatic carbocycles. The van der Waals surface area contributed by atoms with Crippen molar-refractivity contribution >= 4 is 41.0 Å². The van der Waals surface area contributed by atoms with E-state index in [4.69, 9.17) is 27.9 Å². The molecule has 0 radical (unpaired) electrons. The first-order chi connectivity index (χ1) is 11.5. The first-order valence-corrected chi connectivity index (χ1v) is 7.69. The lowest BCUT2D eigenvalue weighted by Crippen LogP contribution is -2.33. The van der Waals surface area contributed by atoms with Crippen molar-refractivity contribution in [2.45, 2.75) is 0 Å². The molecule has 122 valence electrons. The molecule has 3 rings (SSSR count). The number of imide groups is 1. The lowest BCUT2D eigenvalue weighted by molar-refractivity contribution is 0.0415. The SMILES string of the molecule is O=C(OCCN1C(=O)c2ccccc2C1=O)c1nc(Cl)ccc1Cl. The Hall–Kier alpha value is -2.44. The van der Waals surface area contributed by atoms with Crippen molar-refractivity contribution in [3.05, 3.63) is 63.4 Å². The third-order valence-electron chi connectivity index (χ3n) is 3.43. The summed E-state index contributed by atoms with van der Waals surface area (Å²) in [6, 6.07) is 9.40. The van der Waals surface area contributed by atoms with Gasteiger partial charge in [0.2, 0.25) is 0 Å². The zero-order valence-electron chi connectivity index (χ0n) is 12.2. The van der Waals surface area contributed by atoms with E-state index in [0.29, 0.717) is 11.1 Å². The Bertz CT molecular complexity index is 819. The Morgan fingerprint density at radius 2 is 1.67 bits per heavy atom. The average Bonchev–Trinajstić information content (AvgIpc) is 2.82. The largest absolute Gasteiger partial charge is 0.459 e. The van der Waals surface area contributed by atoms with Gasteiger partial charge in [0.05, 0.1) is 22.7 Å². The fourth-order valence-electron chi connectivity index (χ4n) is 2.30. The Morgan fingerprint density at radius 3 is 2.29 bits per heavy atom. The predicted octanol–water partition coefficient (Wildman–Crippen LogP) is 2.84. The summed E-state index contributed by atoms with van der Waals surface area (Å²) in [6.07, 6.45) is 0. The number of aromatic nitrogens is 1. The highest BCUT2D eigenvalue weighted by molar-refractivity contribution is 6.34. The summed E-state index contributed by atoms with van der Waals surface area (Å²) in [5.74, 6) is -1.60. The molecule has 2 aromatic rings. The number of fused-ring (bicyclic) bond motifs is 1.